The Bertz CT molecular complexity index is 1140. The van der Waals surface area contributed by atoms with E-state index in [1.807, 2.05) is 19.1 Å². The minimum absolute atomic E-state index is 0.207. The maximum atomic E-state index is 12.2. The van der Waals surface area contributed by atoms with Crippen molar-refractivity contribution in [3.8, 4) is 5.75 Å². The number of esters is 1. The molecule has 8 heteroatoms. The number of benzene rings is 3. The molecule has 0 fully saturated rings. The number of rotatable bonds is 7. The summed E-state index contributed by atoms with van der Waals surface area (Å²) >= 11 is 5.99. The number of halogens is 1. The molecule has 0 bridgehead atoms. The van der Waals surface area contributed by atoms with Crippen molar-refractivity contribution in [2.45, 2.75) is 6.92 Å². The predicted molar refractivity (Wildman–Crippen MR) is 122 cm³/mol. The van der Waals surface area contributed by atoms with Gasteiger partial charge in [0.25, 0.3) is 11.8 Å². The minimum atomic E-state index is -0.558. The van der Waals surface area contributed by atoms with Gasteiger partial charge in [0.2, 0.25) is 0 Å². The highest BCUT2D eigenvalue weighted by Gasteiger charge is 2.12. The minimum Gasteiger partial charge on any atom is -0.423 e. The zero-order chi connectivity index (χ0) is 22.9. The molecule has 2 amide bonds. The summed E-state index contributed by atoms with van der Waals surface area (Å²) in [5.41, 5.74) is 4.80. The summed E-state index contributed by atoms with van der Waals surface area (Å²) in [5.74, 6) is -1.02. The van der Waals surface area contributed by atoms with Crippen LogP contribution in [0.15, 0.2) is 77.9 Å². The van der Waals surface area contributed by atoms with Gasteiger partial charge in [0.15, 0.2) is 0 Å². The van der Waals surface area contributed by atoms with Gasteiger partial charge in [0, 0.05) is 5.56 Å². The van der Waals surface area contributed by atoms with E-state index in [4.69, 9.17) is 16.3 Å². The van der Waals surface area contributed by atoms with E-state index in [0.29, 0.717) is 21.9 Å². The fourth-order valence-electron chi connectivity index (χ4n) is 2.60. The predicted octanol–water partition coefficient (Wildman–Crippen LogP) is 3.75. The first-order valence-electron chi connectivity index (χ1n) is 9.66. The quantitative estimate of drug-likeness (QED) is 0.248. The molecule has 0 aliphatic carbocycles. The van der Waals surface area contributed by atoms with E-state index < -0.39 is 11.9 Å². The number of hydrazone groups is 1. The molecule has 0 radical (unpaired) electrons. The van der Waals surface area contributed by atoms with Crippen LogP contribution in [0.25, 0.3) is 0 Å². The summed E-state index contributed by atoms with van der Waals surface area (Å²) in [6.07, 6.45) is 1.43. The molecular formula is C24H20ClN3O4. The average Bonchev–Trinajstić information content (AvgIpc) is 2.79. The molecule has 2 N–H and O–H groups in total. The molecule has 0 heterocycles. The lowest BCUT2D eigenvalue weighted by Gasteiger charge is -2.06. The van der Waals surface area contributed by atoms with Gasteiger partial charge in [-0.1, -0.05) is 41.4 Å². The Hall–Kier alpha value is -3.97. The summed E-state index contributed by atoms with van der Waals surface area (Å²) in [4.78, 5) is 36.0. The second-order valence-corrected chi connectivity index (χ2v) is 7.19. The molecular weight excluding hydrogens is 430 g/mol. The zero-order valence-electron chi connectivity index (χ0n) is 17.2. The number of hydrogen-bond acceptors (Lipinski definition) is 5. The first-order valence-corrected chi connectivity index (χ1v) is 10.0. The molecule has 0 aromatic heterocycles. The van der Waals surface area contributed by atoms with Gasteiger partial charge in [0.1, 0.15) is 5.75 Å². The summed E-state index contributed by atoms with van der Waals surface area (Å²) in [6, 6.07) is 20.2. The van der Waals surface area contributed by atoms with Gasteiger partial charge in [-0.05, 0) is 61.0 Å². The molecule has 0 unspecified atom stereocenters. The van der Waals surface area contributed by atoms with E-state index in [0.717, 1.165) is 5.56 Å². The maximum absolute atomic E-state index is 12.2. The molecule has 0 saturated heterocycles. The molecule has 32 heavy (non-hydrogen) atoms. The molecule has 0 spiro atoms. The number of ether oxygens (including phenoxy) is 1. The number of nitrogens with one attached hydrogen (secondary N) is 2. The third-order valence-electron chi connectivity index (χ3n) is 4.31. The largest absolute Gasteiger partial charge is 0.423 e. The van der Waals surface area contributed by atoms with E-state index in [9.17, 15) is 14.4 Å². The summed E-state index contributed by atoms with van der Waals surface area (Å²) in [5, 5.41) is 6.69. The standard InChI is InChI=1S/C24H20ClN3O4/c1-16-6-10-18(11-7-16)23(30)26-15-22(29)28-27-14-17-8-12-19(13-9-17)32-24(31)20-4-2-3-5-21(20)25/h2-14H,15H2,1H3,(H,26,30)(H,28,29)/b27-14+. The summed E-state index contributed by atoms with van der Waals surface area (Å²) in [6.45, 7) is 1.72. The van der Waals surface area contributed by atoms with Gasteiger partial charge in [-0.2, -0.15) is 5.10 Å². The lowest BCUT2D eigenvalue weighted by atomic mass is 10.1. The lowest BCUT2D eigenvalue weighted by Crippen LogP contribution is -2.34. The highest BCUT2D eigenvalue weighted by molar-refractivity contribution is 6.33. The van der Waals surface area contributed by atoms with E-state index in [1.54, 1.807) is 60.7 Å². The van der Waals surface area contributed by atoms with Crippen molar-refractivity contribution in [3.05, 3.63) is 100 Å². The van der Waals surface area contributed by atoms with Crippen LogP contribution in [0.5, 0.6) is 5.75 Å². The van der Waals surface area contributed by atoms with Crippen molar-refractivity contribution in [1.29, 1.82) is 0 Å². The molecule has 3 aromatic rings. The SMILES string of the molecule is Cc1ccc(C(=O)NCC(=O)N/N=C/c2ccc(OC(=O)c3ccccc3Cl)cc2)cc1. The molecule has 7 nitrogen and oxygen atoms in total. The van der Waals surface area contributed by atoms with Crippen LogP contribution in [0, 0.1) is 6.92 Å². The Labute approximate surface area is 190 Å². The first kappa shape index (κ1) is 22.7. The van der Waals surface area contributed by atoms with Crippen molar-refractivity contribution in [2.75, 3.05) is 6.54 Å². The molecule has 0 atom stereocenters. The Morgan fingerprint density at radius 2 is 1.66 bits per heavy atom. The molecule has 162 valence electrons. The Kier molecular flexibility index (Phi) is 7.72. The Morgan fingerprint density at radius 1 is 0.969 bits per heavy atom. The number of nitrogens with zero attached hydrogens (tertiary/aromatic N) is 1. The van der Waals surface area contributed by atoms with Gasteiger partial charge < -0.3 is 10.1 Å². The highest BCUT2D eigenvalue weighted by atomic mass is 35.5. The highest BCUT2D eigenvalue weighted by Crippen LogP contribution is 2.18. The van der Waals surface area contributed by atoms with Gasteiger partial charge >= 0.3 is 5.97 Å². The van der Waals surface area contributed by atoms with Gasteiger partial charge in [-0.25, -0.2) is 10.2 Å². The third-order valence-corrected chi connectivity index (χ3v) is 4.64. The monoisotopic (exact) mass is 449 g/mol. The fraction of sp³-hybridized carbons (Fsp3) is 0.0833. The smallest absolute Gasteiger partial charge is 0.345 e. The van der Waals surface area contributed by atoms with Crippen LogP contribution < -0.4 is 15.5 Å². The maximum Gasteiger partial charge on any atom is 0.345 e. The zero-order valence-corrected chi connectivity index (χ0v) is 17.9. The van der Waals surface area contributed by atoms with Crippen LogP contribution in [-0.4, -0.2) is 30.5 Å². The van der Waals surface area contributed by atoms with Crippen LogP contribution in [0.4, 0.5) is 0 Å². The van der Waals surface area contributed by atoms with Crippen LogP contribution in [-0.2, 0) is 4.79 Å². The number of hydrogen-bond donors (Lipinski definition) is 2. The van der Waals surface area contributed by atoms with Crippen LogP contribution in [0.1, 0.15) is 31.8 Å². The number of carbonyl (C=O) groups excluding carboxylic acids is 3. The summed E-state index contributed by atoms with van der Waals surface area (Å²) < 4.78 is 5.30. The fourth-order valence-corrected chi connectivity index (χ4v) is 2.81. The van der Waals surface area contributed by atoms with Crippen molar-refractivity contribution in [1.82, 2.24) is 10.7 Å². The second kappa shape index (κ2) is 10.9. The van der Waals surface area contributed by atoms with Crippen molar-refractivity contribution in [2.24, 2.45) is 5.10 Å². The molecule has 0 aliphatic rings. The normalized spacial score (nSPS) is 10.6. The number of amides is 2. The lowest BCUT2D eigenvalue weighted by molar-refractivity contribution is -0.120. The van der Waals surface area contributed by atoms with E-state index in [1.165, 1.54) is 6.21 Å². The van der Waals surface area contributed by atoms with Gasteiger partial charge in [-0.3, -0.25) is 9.59 Å². The van der Waals surface area contributed by atoms with Gasteiger partial charge in [-0.15, -0.1) is 0 Å². The Morgan fingerprint density at radius 3 is 2.34 bits per heavy atom. The first-order chi connectivity index (χ1) is 15.4. The van der Waals surface area contributed by atoms with Crippen molar-refractivity contribution >= 4 is 35.6 Å². The number of aryl methyl sites for hydroxylation is 1. The van der Waals surface area contributed by atoms with Crippen LogP contribution >= 0.6 is 11.6 Å². The van der Waals surface area contributed by atoms with Gasteiger partial charge in [0.05, 0.1) is 23.3 Å². The molecule has 3 rings (SSSR count). The summed E-state index contributed by atoms with van der Waals surface area (Å²) in [7, 11) is 0. The molecule has 3 aromatic carbocycles. The third kappa shape index (κ3) is 6.52. The van der Waals surface area contributed by atoms with E-state index in [2.05, 4.69) is 15.8 Å². The van der Waals surface area contributed by atoms with E-state index in [-0.39, 0.29) is 18.0 Å². The van der Waals surface area contributed by atoms with Crippen molar-refractivity contribution in [3.63, 3.8) is 0 Å². The van der Waals surface area contributed by atoms with E-state index >= 15 is 0 Å². The molecule has 0 aliphatic heterocycles. The molecule has 0 saturated carbocycles. The van der Waals surface area contributed by atoms with Crippen molar-refractivity contribution < 1.29 is 19.1 Å². The van der Waals surface area contributed by atoms with Crippen LogP contribution in [0.2, 0.25) is 5.02 Å². The topological polar surface area (TPSA) is 96.9 Å². The number of carbonyl (C=O) groups is 3. The van der Waals surface area contributed by atoms with Crippen LogP contribution in [0.3, 0.4) is 0 Å². The Balaban J connectivity index is 1.45. The average molecular weight is 450 g/mol. The second-order valence-electron chi connectivity index (χ2n) is 6.78.